The third-order valence-electron chi connectivity index (χ3n) is 2.33. The van der Waals surface area contributed by atoms with E-state index in [4.69, 9.17) is 0 Å². The van der Waals surface area contributed by atoms with Crippen molar-refractivity contribution < 1.29 is 4.79 Å². The van der Waals surface area contributed by atoms with Crippen LogP contribution in [0, 0.1) is 5.41 Å². The summed E-state index contributed by atoms with van der Waals surface area (Å²) in [5.74, 6) is 0.465. The van der Waals surface area contributed by atoms with Gasteiger partial charge in [0.2, 0.25) is 0 Å². The predicted octanol–water partition coefficient (Wildman–Crippen LogP) is 2.57. The Bertz CT molecular complexity index is 144. The van der Waals surface area contributed by atoms with Crippen LogP contribution in [0.15, 0.2) is 0 Å². The van der Waals surface area contributed by atoms with E-state index in [1.165, 1.54) is 10.8 Å². The van der Waals surface area contributed by atoms with Crippen molar-refractivity contribution in [2.24, 2.45) is 5.41 Å². The maximum atomic E-state index is 10.9. The van der Waals surface area contributed by atoms with Crippen molar-refractivity contribution in [3.8, 4) is 0 Å². The van der Waals surface area contributed by atoms with Gasteiger partial charge >= 0.3 is 0 Å². The molecule has 0 radical (unpaired) electrons. The van der Waals surface area contributed by atoms with Crippen LogP contribution in [-0.2, 0) is 4.79 Å². The molecule has 1 unspecified atom stereocenters. The Morgan fingerprint density at radius 3 is 2.80 bits per heavy atom. The molecule has 1 rings (SSSR count). The summed E-state index contributed by atoms with van der Waals surface area (Å²) in [5.41, 5.74) is 0.359. The first kappa shape index (κ1) is 8.50. The second-order valence-corrected chi connectivity index (χ2v) is 4.54. The number of carbonyl (C=O) groups excluding carboxylic acids is 1. The van der Waals surface area contributed by atoms with Crippen molar-refractivity contribution >= 4 is 28.4 Å². The fraction of sp³-hybridized carbons (Fsp3) is 0.875. The zero-order chi connectivity index (χ0) is 7.61. The summed E-state index contributed by atoms with van der Waals surface area (Å²) in [7, 11) is 0. The van der Waals surface area contributed by atoms with Gasteiger partial charge in [-0.25, -0.2) is 0 Å². The van der Waals surface area contributed by atoms with E-state index in [0.717, 1.165) is 19.3 Å². The highest BCUT2D eigenvalue weighted by Crippen LogP contribution is 2.38. The normalized spacial score (nSPS) is 33.2. The lowest BCUT2D eigenvalue weighted by Gasteiger charge is -2.20. The molecule has 0 amide bonds. The van der Waals surface area contributed by atoms with Gasteiger partial charge < -0.3 is 0 Å². The van der Waals surface area contributed by atoms with E-state index in [1.807, 2.05) is 0 Å². The number of carbonyl (C=O) groups is 1. The number of hydrogen-bond donors (Lipinski definition) is 0. The average Bonchev–Trinajstić information content (AvgIpc) is 2.12. The van der Waals surface area contributed by atoms with E-state index in [-0.39, 0.29) is 0 Å². The fourth-order valence-electron chi connectivity index (χ4n) is 1.54. The zero-order valence-corrected chi connectivity index (χ0v) is 8.48. The molecule has 1 fully saturated rings. The van der Waals surface area contributed by atoms with Gasteiger partial charge in [-0.2, -0.15) is 0 Å². The van der Waals surface area contributed by atoms with Gasteiger partial charge in [0.1, 0.15) is 5.78 Å². The Balaban J connectivity index is 2.46. The molecule has 0 aromatic carbocycles. The number of ketones is 1. The predicted molar refractivity (Wildman–Crippen MR) is 50.5 cm³/mol. The second-order valence-electron chi connectivity index (χ2n) is 3.47. The largest absolute Gasteiger partial charge is 0.300 e. The maximum Gasteiger partial charge on any atom is 0.133 e. The van der Waals surface area contributed by atoms with Crippen molar-refractivity contribution in [2.75, 3.05) is 4.43 Å². The van der Waals surface area contributed by atoms with Gasteiger partial charge in [-0.05, 0) is 18.3 Å². The zero-order valence-electron chi connectivity index (χ0n) is 6.32. The van der Waals surface area contributed by atoms with Gasteiger partial charge in [-0.15, -0.1) is 0 Å². The van der Waals surface area contributed by atoms with Gasteiger partial charge in [0, 0.05) is 17.3 Å². The second kappa shape index (κ2) is 3.20. The number of rotatable bonds is 2. The molecule has 0 heterocycles. The van der Waals surface area contributed by atoms with Crippen LogP contribution in [0.5, 0.6) is 0 Å². The molecule has 1 nitrogen and oxygen atoms in total. The molecule has 0 N–H and O–H groups in total. The first-order chi connectivity index (χ1) is 4.66. The highest BCUT2D eigenvalue weighted by molar-refractivity contribution is 14.1. The van der Waals surface area contributed by atoms with Crippen LogP contribution in [0.1, 0.15) is 32.6 Å². The molecule has 10 heavy (non-hydrogen) atoms. The van der Waals surface area contributed by atoms with Crippen molar-refractivity contribution in [3.63, 3.8) is 0 Å². The molecule has 1 aliphatic carbocycles. The number of alkyl halides is 1. The molecule has 58 valence electrons. The Morgan fingerprint density at radius 1 is 1.70 bits per heavy atom. The lowest BCUT2D eigenvalue weighted by Crippen LogP contribution is -2.12. The smallest absolute Gasteiger partial charge is 0.133 e. The molecule has 0 aromatic heterocycles. The number of Topliss-reactive ketones (excluding diaryl/α,β-unsaturated/α-hetero) is 1. The number of hydrogen-bond acceptors (Lipinski definition) is 1. The minimum absolute atomic E-state index is 0.359. The Kier molecular flexibility index (Phi) is 2.72. The van der Waals surface area contributed by atoms with E-state index < -0.39 is 0 Å². The monoisotopic (exact) mass is 252 g/mol. The van der Waals surface area contributed by atoms with Crippen LogP contribution in [-0.4, -0.2) is 10.2 Å². The Labute approximate surface area is 75.7 Å². The lowest BCUT2D eigenvalue weighted by molar-refractivity contribution is -0.117. The molecule has 0 aliphatic heterocycles. The SMILES string of the molecule is CC1(CCI)CCC(=O)C1. The van der Waals surface area contributed by atoms with Gasteiger partial charge in [0.15, 0.2) is 0 Å². The third-order valence-corrected chi connectivity index (χ3v) is 2.87. The lowest BCUT2D eigenvalue weighted by atomic mass is 9.86. The van der Waals surface area contributed by atoms with Crippen LogP contribution in [0.2, 0.25) is 0 Å². The van der Waals surface area contributed by atoms with Crippen LogP contribution in [0.25, 0.3) is 0 Å². The maximum absolute atomic E-state index is 10.9. The summed E-state index contributed by atoms with van der Waals surface area (Å²) in [6, 6.07) is 0. The van der Waals surface area contributed by atoms with E-state index >= 15 is 0 Å². The molecule has 0 aromatic rings. The minimum atomic E-state index is 0.359. The van der Waals surface area contributed by atoms with Crippen LogP contribution < -0.4 is 0 Å². The van der Waals surface area contributed by atoms with E-state index in [2.05, 4.69) is 29.5 Å². The van der Waals surface area contributed by atoms with Crippen molar-refractivity contribution in [3.05, 3.63) is 0 Å². The third kappa shape index (κ3) is 1.94. The molecule has 2 heteroatoms. The summed E-state index contributed by atoms with van der Waals surface area (Å²) in [4.78, 5) is 10.9. The van der Waals surface area contributed by atoms with Gasteiger partial charge in [-0.3, -0.25) is 4.79 Å². The summed E-state index contributed by atoms with van der Waals surface area (Å²) in [5, 5.41) is 0. The van der Waals surface area contributed by atoms with Crippen molar-refractivity contribution in [2.45, 2.75) is 32.6 Å². The quantitative estimate of drug-likeness (QED) is 0.545. The highest BCUT2D eigenvalue weighted by Gasteiger charge is 2.32. The summed E-state index contributed by atoms with van der Waals surface area (Å²) >= 11 is 2.38. The Hall–Kier alpha value is 0.400. The van der Waals surface area contributed by atoms with Gasteiger partial charge in [0.25, 0.3) is 0 Å². The van der Waals surface area contributed by atoms with Gasteiger partial charge in [0.05, 0.1) is 0 Å². The van der Waals surface area contributed by atoms with Crippen LogP contribution >= 0.6 is 22.6 Å². The Morgan fingerprint density at radius 2 is 2.40 bits per heavy atom. The summed E-state index contributed by atoms with van der Waals surface area (Å²) in [6.07, 6.45) is 3.98. The molecule has 1 atom stereocenters. The molecule has 1 saturated carbocycles. The van der Waals surface area contributed by atoms with Crippen molar-refractivity contribution in [1.82, 2.24) is 0 Å². The molecule has 0 bridgehead atoms. The summed E-state index contributed by atoms with van der Waals surface area (Å²) in [6.45, 7) is 2.23. The minimum Gasteiger partial charge on any atom is -0.300 e. The van der Waals surface area contributed by atoms with E-state index in [0.29, 0.717) is 11.2 Å². The molecule has 1 aliphatic rings. The fourth-order valence-corrected chi connectivity index (χ4v) is 2.84. The van der Waals surface area contributed by atoms with Crippen LogP contribution in [0.3, 0.4) is 0 Å². The van der Waals surface area contributed by atoms with Gasteiger partial charge in [-0.1, -0.05) is 29.5 Å². The first-order valence-corrected chi connectivity index (χ1v) is 5.26. The van der Waals surface area contributed by atoms with Crippen molar-refractivity contribution in [1.29, 1.82) is 0 Å². The molecule has 0 saturated heterocycles. The standard InChI is InChI=1S/C8H13IO/c1-8(4-5-9)3-2-7(10)6-8/h2-6H2,1H3. The number of halogens is 1. The molecular weight excluding hydrogens is 239 g/mol. The van der Waals surface area contributed by atoms with E-state index in [1.54, 1.807) is 0 Å². The summed E-state index contributed by atoms with van der Waals surface area (Å²) < 4.78 is 1.18. The highest BCUT2D eigenvalue weighted by atomic mass is 127. The van der Waals surface area contributed by atoms with Crippen LogP contribution in [0.4, 0.5) is 0 Å². The molecular formula is C8H13IO. The first-order valence-electron chi connectivity index (χ1n) is 3.74. The molecule has 0 spiro atoms. The van der Waals surface area contributed by atoms with E-state index in [9.17, 15) is 4.79 Å². The topological polar surface area (TPSA) is 17.1 Å². The average molecular weight is 252 g/mol.